The highest BCUT2D eigenvalue weighted by molar-refractivity contribution is 6.01. The normalized spacial score (nSPS) is 50.4. The molecule has 0 radical (unpaired) electrons. The van der Waals surface area contributed by atoms with Crippen molar-refractivity contribution in [2.45, 2.75) is 83.4 Å². The summed E-state index contributed by atoms with van der Waals surface area (Å²) < 4.78 is 12.7. The van der Waals surface area contributed by atoms with Crippen LogP contribution in [0.25, 0.3) is 0 Å². The maximum Gasteiger partial charge on any atom is 0.193 e. The molecule has 9 atom stereocenters. The summed E-state index contributed by atoms with van der Waals surface area (Å²) in [4.78, 5) is 25.2. The van der Waals surface area contributed by atoms with Crippen LogP contribution in [0, 0.1) is 28.6 Å². The summed E-state index contributed by atoms with van der Waals surface area (Å²) >= 11 is 0. The Morgan fingerprint density at radius 3 is 2.81 bits per heavy atom. The zero-order valence-corrected chi connectivity index (χ0v) is 18.7. The summed E-state index contributed by atoms with van der Waals surface area (Å²) in [7, 11) is 0. The Morgan fingerprint density at radius 1 is 1.32 bits per heavy atom. The van der Waals surface area contributed by atoms with Gasteiger partial charge in [0.15, 0.2) is 23.5 Å². The zero-order valence-electron chi connectivity index (χ0n) is 18.7. The molecule has 4 aliphatic carbocycles. The summed E-state index contributed by atoms with van der Waals surface area (Å²) in [6.45, 7) is 5.67. The van der Waals surface area contributed by atoms with E-state index in [9.17, 15) is 19.8 Å². The lowest BCUT2D eigenvalue weighted by molar-refractivity contribution is -0.200. The number of ketones is 2. The molecule has 3 saturated carbocycles. The van der Waals surface area contributed by atoms with Gasteiger partial charge in [0.25, 0.3) is 0 Å². The second-order valence-corrected chi connectivity index (χ2v) is 10.7. The second-order valence-electron chi connectivity index (χ2n) is 10.7. The van der Waals surface area contributed by atoms with Crippen molar-refractivity contribution in [2.24, 2.45) is 28.6 Å². The van der Waals surface area contributed by atoms with Gasteiger partial charge in [-0.25, -0.2) is 0 Å². The average molecular weight is 431 g/mol. The largest absolute Gasteiger partial charge is 0.393 e. The highest BCUT2D eigenvalue weighted by atomic mass is 16.7. The van der Waals surface area contributed by atoms with Crippen LogP contribution in [-0.2, 0) is 19.1 Å². The monoisotopic (exact) mass is 430 g/mol. The Balaban J connectivity index is 1.55. The number of carbonyl (C=O) groups is 2. The molecular weight excluding hydrogens is 396 g/mol. The van der Waals surface area contributed by atoms with E-state index in [1.54, 1.807) is 12.2 Å². The third-order valence-corrected chi connectivity index (χ3v) is 9.37. The van der Waals surface area contributed by atoms with E-state index < -0.39 is 36.1 Å². The highest BCUT2D eigenvalue weighted by Gasteiger charge is 2.75. The molecule has 1 saturated heterocycles. The second kappa shape index (κ2) is 7.08. The van der Waals surface area contributed by atoms with Crippen molar-refractivity contribution in [3.05, 3.63) is 23.8 Å². The minimum atomic E-state index is -1.20. The van der Waals surface area contributed by atoms with Gasteiger partial charge in [-0.2, -0.15) is 0 Å². The molecule has 1 aliphatic heterocycles. The molecule has 4 fully saturated rings. The van der Waals surface area contributed by atoms with Crippen molar-refractivity contribution in [2.75, 3.05) is 6.61 Å². The Labute approximate surface area is 183 Å². The van der Waals surface area contributed by atoms with Crippen LogP contribution in [0.15, 0.2) is 23.8 Å². The number of carbonyl (C=O) groups excluding carboxylic acids is 2. The van der Waals surface area contributed by atoms with Crippen molar-refractivity contribution in [1.29, 1.82) is 0 Å². The maximum atomic E-state index is 13.2. The highest BCUT2D eigenvalue weighted by Crippen LogP contribution is 2.69. The van der Waals surface area contributed by atoms with Gasteiger partial charge in [-0.3, -0.25) is 9.59 Å². The van der Waals surface area contributed by atoms with Crippen LogP contribution in [0.1, 0.15) is 59.3 Å². The molecular formula is C25H34O6. The van der Waals surface area contributed by atoms with E-state index in [0.717, 1.165) is 24.8 Å². The third-order valence-electron chi connectivity index (χ3n) is 9.37. The van der Waals surface area contributed by atoms with Gasteiger partial charge in [0.1, 0.15) is 6.61 Å². The predicted molar refractivity (Wildman–Crippen MR) is 113 cm³/mol. The van der Waals surface area contributed by atoms with E-state index >= 15 is 0 Å². The first kappa shape index (κ1) is 21.5. The first-order chi connectivity index (χ1) is 14.7. The summed E-state index contributed by atoms with van der Waals surface area (Å²) in [5, 5.41) is 21.4. The maximum absolute atomic E-state index is 13.2. The number of ether oxygens (including phenoxy) is 2. The quantitative estimate of drug-likeness (QED) is 0.712. The SMILES string of the molecule is CCC[C@@H]1O[C@@H]2CC3C4CCC5=CC(=O)C=CC5(C)C4[C@@H](O)CC3(C)[C@]2(C(=O)CO)O1. The number of aliphatic hydroxyl groups excluding tert-OH is 2. The molecule has 0 bridgehead atoms. The smallest absolute Gasteiger partial charge is 0.193 e. The van der Waals surface area contributed by atoms with Crippen LogP contribution in [-0.4, -0.2) is 52.5 Å². The van der Waals surface area contributed by atoms with Gasteiger partial charge in [-0.15, -0.1) is 0 Å². The van der Waals surface area contributed by atoms with Crippen LogP contribution in [0.3, 0.4) is 0 Å². The van der Waals surface area contributed by atoms with Crippen molar-refractivity contribution in [3.63, 3.8) is 0 Å². The van der Waals surface area contributed by atoms with Gasteiger partial charge >= 0.3 is 0 Å². The van der Waals surface area contributed by atoms with E-state index in [1.807, 2.05) is 6.08 Å². The van der Waals surface area contributed by atoms with Gasteiger partial charge in [0, 0.05) is 16.7 Å². The van der Waals surface area contributed by atoms with E-state index in [0.29, 0.717) is 19.3 Å². The van der Waals surface area contributed by atoms with Crippen molar-refractivity contribution in [3.8, 4) is 0 Å². The average Bonchev–Trinajstić information content (AvgIpc) is 3.20. The molecule has 170 valence electrons. The number of fused-ring (bicyclic) bond motifs is 7. The Morgan fingerprint density at radius 2 is 2.10 bits per heavy atom. The molecule has 0 aromatic heterocycles. The fraction of sp³-hybridized carbons (Fsp3) is 0.760. The number of hydrogen-bond donors (Lipinski definition) is 2. The van der Waals surface area contributed by atoms with Crippen molar-refractivity contribution < 1.29 is 29.3 Å². The minimum Gasteiger partial charge on any atom is -0.393 e. The summed E-state index contributed by atoms with van der Waals surface area (Å²) in [5.74, 6) is 0.0274. The number of allylic oxidation sites excluding steroid dienone is 4. The van der Waals surface area contributed by atoms with Crippen LogP contribution in [0.5, 0.6) is 0 Å². The van der Waals surface area contributed by atoms with Crippen molar-refractivity contribution in [1.82, 2.24) is 0 Å². The number of hydrogen-bond acceptors (Lipinski definition) is 6. The summed E-state index contributed by atoms with van der Waals surface area (Å²) in [6, 6.07) is 0. The lowest BCUT2D eigenvalue weighted by atomic mass is 9.46. The van der Waals surface area contributed by atoms with Gasteiger partial charge in [0.05, 0.1) is 12.2 Å². The fourth-order valence-corrected chi connectivity index (χ4v) is 8.12. The van der Waals surface area contributed by atoms with Crippen LogP contribution in [0.4, 0.5) is 0 Å². The fourth-order valence-electron chi connectivity index (χ4n) is 8.12. The third kappa shape index (κ3) is 2.65. The van der Waals surface area contributed by atoms with Gasteiger partial charge in [-0.1, -0.05) is 38.8 Å². The Hall–Kier alpha value is -1.34. The van der Waals surface area contributed by atoms with E-state index in [2.05, 4.69) is 20.8 Å². The molecule has 6 heteroatoms. The summed E-state index contributed by atoms with van der Waals surface area (Å²) in [6.07, 6.45) is 8.31. The molecule has 6 nitrogen and oxygen atoms in total. The van der Waals surface area contributed by atoms with Crippen molar-refractivity contribution >= 4 is 11.6 Å². The number of Topliss-reactive ketones (excluding diaryl/α,β-unsaturated/α-hetero) is 1. The topological polar surface area (TPSA) is 93.1 Å². The molecule has 31 heavy (non-hydrogen) atoms. The first-order valence-electron chi connectivity index (χ1n) is 11.8. The molecule has 0 spiro atoms. The lowest BCUT2D eigenvalue weighted by Crippen LogP contribution is -2.63. The van der Waals surface area contributed by atoms with Crippen LogP contribution >= 0.6 is 0 Å². The van der Waals surface area contributed by atoms with Gasteiger partial charge in [-0.05, 0) is 56.1 Å². The van der Waals surface area contributed by atoms with Crippen LogP contribution in [0.2, 0.25) is 0 Å². The standard InChI is InChI=1S/C25H34O6/c1-4-5-21-30-20-11-17-16-7-6-14-10-15(27)8-9-23(14,2)22(16)18(28)12-24(17,3)25(20,31-21)19(29)13-26/h8-10,16-18,20-22,26,28H,4-7,11-13H2,1-3H3/t16?,17?,18-,20+,21+,22?,23?,24?,25+/m0/s1. The molecule has 5 rings (SSSR count). The molecule has 0 amide bonds. The molecule has 1 heterocycles. The van der Waals surface area contributed by atoms with E-state index in [1.165, 1.54) is 0 Å². The summed E-state index contributed by atoms with van der Waals surface area (Å²) in [5.41, 5.74) is -1.05. The van der Waals surface area contributed by atoms with E-state index in [4.69, 9.17) is 9.47 Å². The first-order valence-corrected chi connectivity index (χ1v) is 11.8. The lowest BCUT2D eigenvalue weighted by Gasteiger charge is -2.59. The minimum absolute atomic E-state index is 0.0125. The number of aliphatic hydroxyl groups is 2. The molecule has 0 aromatic rings. The molecule has 0 aromatic carbocycles. The molecule has 5 aliphatic rings. The molecule has 5 unspecified atom stereocenters. The number of rotatable bonds is 4. The molecule has 2 N–H and O–H groups in total. The zero-order chi connectivity index (χ0) is 22.2. The van der Waals surface area contributed by atoms with Crippen LogP contribution < -0.4 is 0 Å². The van der Waals surface area contributed by atoms with Gasteiger partial charge in [0.2, 0.25) is 0 Å². The Bertz CT molecular complexity index is 862. The predicted octanol–water partition coefficient (Wildman–Crippen LogP) is 2.72. The van der Waals surface area contributed by atoms with E-state index in [-0.39, 0.29) is 34.7 Å². The van der Waals surface area contributed by atoms with Gasteiger partial charge < -0.3 is 19.7 Å². The Kier molecular flexibility index (Phi) is 4.91.